The lowest BCUT2D eigenvalue weighted by atomic mass is 10.3. The number of hydrogen-bond acceptors (Lipinski definition) is 4. The molecular formula is C8H11NO5. The maximum absolute atomic E-state index is 11.2. The van der Waals surface area contributed by atoms with Crippen molar-refractivity contribution in [1.82, 2.24) is 4.90 Å². The summed E-state index contributed by atoms with van der Waals surface area (Å²) < 4.78 is 4.65. The number of methoxy groups -OCH3 is 1. The third kappa shape index (κ3) is 1.90. The molecule has 1 unspecified atom stereocenters. The van der Waals surface area contributed by atoms with Crippen molar-refractivity contribution >= 4 is 17.8 Å². The van der Waals surface area contributed by atoms with Gasteiger partial charge in [-0.3, -0.25) is 14.5 Å². The topological polar surface area (TPSA) is 83.9 Å². The SMILES string of the molecule is COCC(C(=O)O)N1C(=O)CCC1=O. The van der Waals surface area contributed by atoms with Crippen LogP contribution in [0.1, 0.15) is 12.8 Å². The molecule has 1 saturated heterocycles. The second kappa shape index (κ2) is 4.19. The second-order valence-corrected chi connectivity index (χ2v) is 2.97. The van der Waals surface area contributed by atoms with Crippen molar-refractivity contribution < 1.29 is 24.2 Å². The second-order valence-electron chi connectivity index (χ2n) is 2.97. The molecule has 0 aromatic carbocycles. The fraction of sp³-hybridized carbons (Fsp3) is 0.625. The van der Waals surface area contributed by atoms with Crippen molar-refractivity contribution in [3.8, 4) is 0 Å². The first-order valence-corrected chi connectivity index (χ1v) is 4.14. The molecule has 1 heterocycles. The number of carboxylic acid groups (broad SMARTS) is 1. The molecule has 0 saturated carbocycles. The molecule has 2 amide bonds. The van der Waals surface area contributed by atoms with E-state index in [4.69, 9.17) is 5.11 Å². The highest BCUT2D eigenvalue weighted by molar-refractivity contribution is 6.04. The minimum absolute atomic E-state index is 0.0896. The fourth-order valence-corrected chi connectivity index (χ4v) is 1.36. The number of hydrogen-bond donors (Lipinski definition) is 1. The molecule has 0 aromatic rings. The number of carbonyl (C=O) groups excluding carboxylic acids is 2. The number of amides is 2. The molecule has 1 N–H and O–H groups in total. The Kier molecular flexibility index (Phi) is 3.19. The highest BCUT2D eigenvalue weighted by Crippen LogP contribution is 2.15. The number of carboxylic acids is 1. The molecule has 14 heavy (non-hydrogen) atoms. The van der Waals surface area contributed by atoms with Gasteiger partial charge in [0, 0.05) is 20.0 Å². The highest BCUT2D eigenvalue weighted by Gasteiger charge is 2.38. The Labute approximate surface area is 80.4 Å². The third-order valence-corrected chi connectivity index (χ3v) is 2.01. The summed E-state index contributed by atoms with van der Waals surface area (Å²) in [6.45, 7) is -0.174. The number of likely N-dealkylation sites (tertiary alicyclic amines) is 1. The molecule has 1 fully saturated rings. The fourth-order valence-electron chi connectivity index (χ4n) is 1.36. The summed E-state index contributed by atoms with van der Waals surface area (Å²) >= 11 is 0. The summed E-state index contributed by atoms with van der Waals surface area (Å²) in [6.07, 6.45) is 0.179. The van der Waals surface area contributed by atoms with E-state index in [0.29, 0.717) is 0 Å². The van der Waals surface area contributed by atoms with Gasteiger partial charge in [0.15, 0.2) is 6.04 Å². The summed E-state index contributed by atoms with van der Waals surface area (Å²) in [5.74, 6) is -2.12. The monoisotopic (exact) mass is 201 g/mol. The van der Waals surface area contributed by atoms with Crippen LogP contribution in [0.15, 0.2) is 0 Å². The molecule has 6 heteroatoms. The predicted octanol–water partition coefficient (Wildman–Crippen LogP) is -0.765. The Bertz CT molecular complexity index is 259. The van der Waals surface area contributed by atoms with Crippen molar-refractivity contribution in [2.24, 2.45) is 0 Å². The average Bonchev–Trinajstić information content (AvgIpc) is 2.43. The van der Waals surface area contributed by atoms with Crippen molar-refractivity contribution in [2.45, 2.75) is 18.9 Å². The standard InChI is InChI=1S/C8H11NO5/c1-14-4-5(8(12)13)9-6(10)2-3-7(9)11/h5H,2-4H2,1H3,(H,12,13). The molecule has 0 spiro atoms. The minimum Gasteiger partial charge on any atom is -0.480 e. The molecule has 1 atom stereocenters. The van der Waals surface area contributed by atoms with Crippen molar-refractivity contribution in [2.75, 3.05) is 13.7 Å². The van der Waals surface area contributed by atoms with Crippen molar-refractivity contribution in [3.63, 3.8) is 0 Å². The number of imide groups is 1. The van der Waals surface area contributed by atoms with Crippen LogP contribution in [0, 0.1) is 0 Å². The lowest BCUT2D eigenvalue weighted by Crippen LogP contribution is -2.47. The van der Waals surface area contributed by atoms with E-state index in [9.17, 15) is 14.4 Å². The molecule has 1 aliphatic rings. The molecule has 0 aliphatic carbocycles. The van der Waals surface area contributed by atoms with Crippen LogP contribution in [0.3, 0.4) is 0 Å². The van der Waals surface area contributed by atoms with E-state index in [2.05, 4.69) is 4.74 Å². The zero-order valence-electron chi connectivity index (χ0n) is 7.73. The number of rotatable bonds is 4. The van der Waals surface area contributed by atoms with Gasteiger partial charge in [0.25, 0.3) is 0 Å². The highest BCUT2D eigenvalue weighted by atomic mass is 16.5. The zero-order chi connectivity index (χ0) is 10.7. The molecule has 0 aromatic heterocycles. The predicted molar refractivity (Wildman–Crippen MR) is 44.4 cm³/mol. The molecule has 0 bridgehead atoms. The van der Waals surface area contributed by atoms with Gasteiger partial charge in [-0.15, -0.1) is 0 Å². The van der Waals surface area contributed by atoms with E-state index in [0.717, 1.165) is 4.90 Å². The maximum atomic E-state index is 11.2. The van der Waals surface area contributed by atoms with E-state index in [1.165, 1.54) is 7.11 Å². The maximum Gasteiger partial charge on any atom is 0.329 e. The van der Waals surface area contributed by atoms with Crippen molar-refractivity contribution in [1.29, 1.82) is 0 Å². The van der Waals surface area contributed by atoms with E-state index in [1.54, 1.807) is 0 Å². The van der Waals surface area contributed by atoms with Gasteiger partial charge in [-0.05, 0) is 0 Å². The summed E-state index contributed by atoms with van der Waals surface area (Å²) in [4.78, 5) is 33.9. The van der Waals surface area contributed by atoms with Gasteiger partial charge in [-0.1, -0.05) is 0 Å². The van der Waals surface area contributed by atoms with Crippen LogP contribution in [-0.2, 0) is 19.1 Å². The number of nitrogens with zero attached hydrogens (tertiary/aromatic N) is 1. The van der Waals surface area contributed by atoms with E-state index in [-0.39, 0.29) is 19.4 Å². The molecule has 78 valence electrons. The summed E-state index contributed by atoms with van der Waals surface area (Å²) in [6, 6.07) is -1.19. The van der Waals surface area contributed by atoms with Crippen LogP contribution >= 0.6 is 0 Å². The Morgan fingerprint density at radius 1 is 1.50 bits per heavy atom. The summed E-state index contributed by atoms with van der Waals surface area (Å²) in [5, 5.41) is 8.77. The van der Waals surface area contributed by atoms with Crippen LogP contribution in [0.2, 0.25) is 0 Å². The number of carbonyl (C=O) groups is 3. The van der Waals surface area contributed by atoms with Gasteiger partial charge in [0.1, 0.15) is 0 Å². The lowest BCUT2D eigenvalue weighted by molar-refractivity contribution is -0.156. The van der Waals surface area contributed by atoms with Gasteiger partial charge < -0.3 is 9.84 Å². The number of aliphatic carboxylic acids is 1. The number of ether oxygens (including phenoxy) is 1. The van der Waals surface area contributed by atoms with Gasteiger partial charge in [-0.25, -0.2) is 4.79 Å². The Balaban J connectivity index is 2.81. The average molecular weight is 201 g/mol. The van der Waals surface area contributed by atoms with Crippen LogP contribution < -0.4 is 0 Å². The van der Waals surface area contributed by atoms with E-state index in [1.807, 2.05) is 0 Å². The normalized spacial score (nSPS) is 18.8. The molecule has 1 aliphatic heterocycles. The van der Waals surface area contributed by atoms with Crippen LogP contribution in [0.4, 0.5) is 0 Å². The van der Waals surface area contributed by atoms with Gasteiger partial charge >= 0.3 is 5.97 Å². The Morgan fingerprint density at radius 3 is 2.36 bits per heavy atom. The largest absolute Gasteiger partial charge is 0.480 e. The smallest absolute Gasteiger partial charge is 0.329 e. The minimum atomic E-state index is -1.23. The third-order valence-electron chi connectivity index (χ3n) is 2.01. The quantitative estimate of drug-likeness (QED) is 0.604. The van der Waals surface area contributed by atoms with Gasteiger partial charge in [0.05, 0.1) is 6.61 Å². The molecule has 6 nitrogen and oxygen atoms in total. The first kappa shape index (κ1) is 10.6. The first-order chi connectivity index (χ1) is 6.57. The molecular weight excluding hydrogens is 190 g/mol. The van der Waals surface area contributed by atoms with E-state index < -0.39 is 23.8 Å². The van der Waals surface area contributed by atoms with Gasteiger partial charge in [0.2, 0.25) is 11.8 Å². The van der Waals surface area contributed by atoms with E-state index >= 15 is 0 Å². The zero-order valence-corrected chi connectivity index (χ0v) is 7.73. The van der Waals surface area contributed by atoms with Crippen LogP contribution in [0.5, 0.6) is 0 Å². The first-order valence-electron chi connectivity index (χ1n) is 4.14. The Morgan fingerprint density at radius 2 is 2.00 bits per heavy atom. The molecule has 1 rings (SSSR count). The van der Waals surface area contributed by atoms with Crippen LogP contribution in [0.25, 0.3) is 0 Å². The molecule has 0 radical (unpaired) electrons. The lowest BCUT2D eigenvalue weighted by Gasteiger charge is -2.21. The van der Waals surface area contributed by atoms with Crippen molar-refractivity contribution in [3.05, 3.63) is 0 Å². The Hall–Kier alpha value is -1.43. The summed E-state index contributed by atoms with van der Waals surface area (Å²) in [5.41, 5.74) is 0. The van der Waals surface area contributed by atoms with Crippen LogP contribution in [-0.4, -0.2) is 47.5 Å². The summed E-state index contributed by atoms with van der Waals surface area (Å²) in [7, 11) is 1.32. The van der Waals surface area contributed by atoms with Gasteiger partial charge in [-0.2, -0.15) is 0 Å².